The fraction of sp³-hybridized carbons (Fsp3) is 1.00. The molecule has 0 aromatic rings. The molecule has 0 aromatic heterocycles. The topological polar surface area (TPSA) is 23.1 Å². The molecule has 1 nitrogen and oxygen atoms in total. The Hall–Kier alpha value is 2.22. The van der Waals surface area contributed by atoms with Gasteiger partial charge in [-0.25, -0.2) is 0 Å². The Balaban J connectivity index is -0.0000000800. The van der Waals surface area contributed by atoms with E-state index >= 15 is 0 Å². The van der Waals surface area contributed by atoms with Gasteiger partial charge in [0.1, 0.15) is 0 Å². The third-order valence-corrected chi connectivity index (χ3v) is 0. The molecule has 0 N–H and O–H groups in total. The molecule has 0 fully saturated rings. The van der Waals surface area contributed by atoms with Crippen molar-refractivity contribution in [3.63, 3.8) is 0 Å². The molecule has 0 rings (SSSR count). The summed E-state index contributed by atoms with van der Waals surface area (Å²) in [6.45, 7) is 4.90. The minimum absolute atomic E-state index is 0. The molecule has 0 unspecified atom stereocenters. The molecule has 0 amide bonds. The summed E-state index contributed by atoms with van der Waals surface area (Å²) < 4.78 is 0. The van der Waals surface area contributed by atoms with Crippen LogP contribution < -0.4 is 34.7 Å². The Bertz CT molecular complexity index is 27.2. The maximum atomic E-state index is 10.1. The zero-order valence-electron chi connectivity index (χ0n) is 5.26. The molecule has 0 saturated carbocycles. The molecular weight excluding hydrogens is 127 g/mol. The van der Waals surface area contributed by atoms with E-state index in [0.29, 0.717) is 0 Å². The molecule has 3 heteroatoms. The van der Waals surface area contributed by atoms with E-state index in [0.717, 1.165) is 0 Å². The third kappa shape index (κ3) is 64.5. The van der Waals surface area contributed by atoms with Crippen LogP contribution in [0.15, 0.2) is 0 Å². The van der Waals surface area contributed by atoms with Gasteiger partial charge >= 0.3 is 29.6 Å². The molecular formula is C4H9ArNaO. The fourth-order valence-corrected chi connectivity index (χ4v) is 0. The van der Waals surface area contributed by atoms with E-state index < -0.39 is 5.60 Å². The van der Waals surface area contributed by atoms with Gasteiger partial charge in [0.2, 0.25) is 0 Å². The number of hydrogen-bond donors (Lipinski definition) is 0. The Morgan fingerprint density at radius 1 is 1.14 bits per heavy atom. The zero-order chi connectivity index (χ0) is 4.50. The SMILES string of the molecule is CC(C)(C)[O-].[Ar].[Na+]. The summed E-state index contributed by atoms with van der Waals surface area (Å²) in [7, 11) is 0. The van der Waals surface area contributed by atoms with E-state index in [1.165, 1.54) is 0 Å². The van der Waals surface area contributed by atoms with Gasteiger partial charge in [0.15, 0.2) is 0 Å². The second-order valence-corrected chi connectivity index (χ2v) is 2.11. The second kappa shape index (κ2) is 6.34. The van der Waals surface area contributed by atoms with Crippen molar-refractivity contribution in [1.82, 2.24) is 0 Å². The van der Waals surface area contributed by atoms with Crippen LogP contribution in [-0.4, -0.2) is 5.60 Å². The van der Waals surface area contributed by atoms with E-state index in [1.54, 1.807) is 20.8 Å². The van der Waals surface area contributed by atoms with Crippen LogP contribution in [0.1, 0.15) is 20.8 Å². The van der Waals surface area contributed by atoms with Gasteiger partial charge in [0.05, 0.1) is 0 Å². The molecule has 0 aromatic carbocycles. The monoisotopic (exact) mass is 136 g/mol. The average Bonchev–Trinajstić information content (AvgIpc) is 0.722. The van der Waals surface area contributed by atoms with E-state index in [1.807, 2.05) is 0 Å². The van der Waals surface area contributed by atoms with Gasteiger partial charge in [-0.2, -0.15) is 0 Å². The number of hydrogen-bond acceptors (Lipinski definition) is 1. The number of rotatable bonds is 0. The fourth-order valence-electron chi connectivity index (χ4n) is 0. The molecule has 40 valence electrons. The maximum absolute atomic E-state index is 10.1. The van der Waals surface area contributed by atoms with Crippen molar-refractivity contribution in [2.24, 2.45) is 0 Å². The molecule has 0 aliphatic carbocycles. The first-order valence-electron chi connectivity index (χ1n) is 1.70. The maximum Gasteiger partial charge on any atom is 1.00 e. The Kier molecular flexibility index (Phi) is 14.6. The van der Waals surface area contributed by atoms with Crippen molar-refractivity contribution in [3.8, 4) is 0 Å². The minimum atomic E-state index is -0.750. The van der Waals surface area contributed by atoms with Gasteiger partial charge < -0.3 is 5.11 Å². The first kappa shape index (κ1) is 16.1. The summed E-state index contributed by atoms with van der Waals surface area (Å²) in [5.41, 5.74) is -0.750. The molecule has 0 spiro atoms. The molecule has 0 bridgehead atoms. The van der Waals surface area contributed by atoms with Crippen molar-refractivity contribution >= 4 is 0 Å². The largest absolute Gasteiger partial charge is 1.00 e. The van der Waals surface area contributed by atoms with Crippen LogP contribution in [0.5, 0.6) is 0 Å². The van der Waals surface area contributed by atoms with Crippen LogP contribution in [0.3, 0.4) is 0 Å². The molecule has 0 atom stereocenters. The standard InChI is InChI=1S/C4H9O.Ar.Na/c1-4(2,3)5;;/h1-3H3;;/q-1;;+1. The van der Waals surface area contributed by atoms with Gasteiger partial charge in [-0.1, -0.05) is 20.8 Å². The van der Waals surface area contributed by atoms with Gasteiger partial charge in [-0.15, -0.1) is 5.60 Å². The second-order valence-electron chi connectivity index (χ2n) is 2.11. The van der Waals surface area contributed by atoms with Crippen LogP contribution in [0.2, 0.25) is 0 Å². The van der Waals surface area contributed by atoms with Gasteiger partial charge in [0, 0.05) is 37.7 Å². The van der Waals surface area contributed by atoms with E-state index in [9.17, 15) is 5.11 Å². The predicted molar refractivity (Wildman–Crippen MR) is 19.8 cm³/mol. The smallest absolute Gasteiger partial charge is 0.850 e. The van der Waals surface area contributed by atoms with Crippen molar-refractivity contribution < 1.29 is 72.4 Å². The molecule has 0 heterocycles. The summed E-state index contributed by atoms with van der Waals surface area (Å²) in [6, 6.07) is 0. The van der Waals surface area contributed by atoms with E-state index in [-0.39, 0.29) is 67.3 Å². The summed E-state index contributed by atoms with van der Waals surface area (Å²) in [5.74, 6) is 0. The first-order chi connectivity index (χ1) is 2.00. The molecule has 7 heavy (non-hydrogen) atoms. The molecule has 0 saturated heterocycles. The molecule has 0 aliphatic heterocycles. The summed E-state index contributed by atoms with van der Waals surface area (Å²) >= 11 is 0. The van der Waals surface area contributed by atoms with Gasteiger partial charge in [-0.05, 0) is 0 Å². The molecule has 0 radical (unpaired) electrons. The summed E-state index contributed by atoms with van der Waals surface area (Å²) in [5, 5.41) is 10.1. The van der Waals surface area contributed by atoms with Gasteiger partial charge in [0.25, 0.3) is 0 Å². The van der Waals surface area contributed by atoms with Crippen LogP contribution >= 0.6 is 0 Å². The van der Waals surface area contributed by atoms with Crippen molar-refractivity contribution in [1.29, 1.82) is 0 Å². The van der Waals surface area contributed by atoms with Crippen LogP contribution in [0.25, 0.3) is 0 Å². The summed E-state index contributed by atoms with van der Waals surface area (Å²) in [4.78, 5) is 0. The quantitative estimate of drug-likeness (QED) is 0.329. The molecule has 0 aliphatic rings. The van der Waals surface area contributed by atoms with E-state index in [2.05, 4.69) is 0 Å². The van der Waals surface area contributed by atoms with Crippen LogP contribution in [-0.2, 0) is 0 Å². The Morgan fingerprint density at radius 3 is 1.14 bits per heavy atom. The predicted octanol–water partition coefficient (Wildman–Crippen LogP) is -2.85. The van der Waals surface area contributed by atoms with Crippen molar-refractivity contribution in [3.05, 3.63) is 0 Å². The van der Waals surface area contributed by atoms with Crippen LogP contribution in [0, 0.1) is 37.7 Å². The Labute approximate surface area is 97.2 Å². The van der Waals surface area contributed by atoms with Crippen molar-refractivity contribution in [2.75, 3.05) is 0 Å². The summed E-state index contributed by atoms with van der Waals surface area (Å²) in [6.07, 6.45) is 0. The Morgan fingerprint density at radius 2 is 1.14 bits per heavy atom. The third-order valence-electron chi connectivity index (χ3n) is 0. The van der Waals surface area contributed by atoms with E-state index in [4.69, 9.17) is 0 Å². The first-order valence-corrected chi connectivity index (χ1v) is 1.70. The minimum Gasteiger partial charge on any atom is -0.850 e. The normalized spacial score (nSPS) is 8.57. The van der Waals surface area contributed by atoms with Gasteiger partial charge in [-0.3, -0.25) is 0 Å². The van der Waals surface area contributed by atoms with Crippen molar-refractivity contribution in [2.45, 2.75) is 26.4 Å². The van der Waals surface area contributed by atoms with Crippen LogP contribution in [0.4, 0.5) is 0 Å². The zero-order valence-corrected chi connectivity index (χ0v) is 7.97. The average molecular weight is 136 g/mol.